The van der Waals surface area contributed by atoms with E-state index in [0.717, 1.165) is 18.2 Å². The molecular formula is C15H18F6N3O8+. The summed E-state index contributed by atoms with van der Waals surface area (Å²) in [6.07, 6.45) is -12.0. The van der Waals surface area contributed by atoms with Gasteiger partial charge in [-0.15, -0.1) is 13.2 Å². The van der Waals surface area contributed by atoms with Gasteiger partial charge in [0, 0.05) is 5.56 Å². The highest BCUT2D eigenvalue weighted by atomic mass is 19.4. The molecule has 0 aliphatic carbocycles. The molecule has 17 heteroatoms. The number of carbonyl (C=O) groups excluding carboxylic acids is 1. The van der Waals surface area contributed by atoms with E-state index in [-0.39, 0.29) is 17.9 Å². The Bertz CT molecular complexity index is 800. The standard InChI is InChI=1S/C13H9F6NO5.C2H5NO2.H4NO/c14-12(15,16)10-8(11(21)22-5-23-20)4-6-3-7(25-13(17,18)19)1-2-9(6)24-10;3-1-2(4)5;1-2/h1-4,10H,5,20H2;1,3H2,(H,4,5);2H,1H3/q;;+1. The molecule has 1 aliphatic heterocycles. The van der Waals surface area contributed by atoms with Crippen LogP contribution >= 0.6 is 0 Å². The Morgan fingerprint density at radius 3 is 2.16 bits per heavy atom. The van der Waals surface area contributed by atoms with E-state index < -0.39 is 48.7 Å². The van der Waals surface area contributed by atoms with Crippen molar-refractivity contribution in [1.29, 1.82) is 0 Å². The van der Waals surface area contributed by atoms with E-state index in [1.807, 2.05) is 0 Å². The number of alkyl halides is 6. The molecular weight excluding hydrogens is 464 g/mol. The van der Waals surface area contributed by atoms with Gasteiger partial charge in [0.25, 0.3) is 0 Å². The van der Waals surface area contributed by atoms with Gasteiger partial charge in [0.15, 0.2) is 0 Å². The van der Waals surface area contributed by atoms with Gasteiger partial charge in [-0.05, 0) is 24.3 Å². The first kappa shape index (κ1) is 28.9. The minimum atomic E-state index is -5.00. The predicted octanol–water partition coefficient (Wildman–Crippen LogP) is 0.330. The summed E-state index contributed by atoms with van der Waals surface area (Å²) in [5, 5.41) is 14.3. The summed E-state index contributed by atoms with van der Waals surface area (Å²) >= 11 is 0. The van der Waals surface area contributed by atoms with E-state index in [1.54, 1.807) is 0 Å². The average molecular weight is 482 g/mol. The molecule has 0 amide bonds. The molecule has 182 valence electrons. The maximum absolute atomic E-state index is 13.1. The van der Waals surface area contributed by atoms with Gasteiger partial charge in [0.05, 0.1) is 12.1 Å². The van der Waals surface area contributed by atoms with E-state index in [0.29, 0.717) is 6.08 Å². The minimum absolute atomic E-state index is 0.233. The monoisotopic (exact) mass is 482 g/mol. The molecule has 0 saturated heterocycles. The number of halogens is 6. The lowest BCUT2D eigenvalue weighted by Gasteiger charge is -2.28. The third-order valence-electron chi connectivity index (χ3n) is 3.02. The Kier molecular flexibility index (Phi) is 11.4. The molecule has 1 heterocycles. The lowest BCUT2D eigenvalue weighted by atomic mass is 10.0. The minimum Gasteiger partial charge on any atom is -0.480 e. The molecule has 0 fully saturated rings. The smallest absolute Gasteiger partial charge is 0.480 e. The van der Waals surface area contributed by atoms with Gasteiger partial charge in [-0.2, -0.15) is 13.2 Å². The molecule has 2 rings (SSSR count). The predicted molar refractivity (Wildman–Crippen MR) is 89.2 cm³/mol. The zero-order chi connectivity index (χ0) is 25.1. The summed E-state index contributed by atoms with van der Waals surface area (Å²) in [7, 11) is 0. The van der Waals surface area contributed by atoms with Crippen LogP contribution in [0.5, 0.6) is 11.5 Å². The quantitative estimate of drug-likeness (QED) is 0.169. The summed E-state index contributed by atoms with van der Waals surface area (Å²) in [5.41, 5.74) is 3.35. The van der Waals surface area contributed by atoms with Gasteiger partial charge in [0.2, 0.25) is 12.9 Å². The Labute approximate surface area is 174 Å². The van der Waals surface area contributed by atoms with Crippen LogP contribution in [0, 0.1) is 0 Å². The van der Waals surface area contributed by atoms with E-state index in [4.69, 9.17) is 15.1 Å². The van der Waals surface area contributed by atoms with Crippen molar-refractivity contribution in [2.45, 2.75) is 18.6 Å². The van der Waals surface area contributed by atoms with Crippen molar-refractivity contribution >= 4 is 18.0 Å². The fourth-order valence-corrected chi connectivity index (χ4v) is 1.96. The van der Waals surface area contributed by atoms with Crippen LogP contribution in [0.2, 0.25) is 0 Å². The van der Waals surface area contributed by atoms with Crippen molar-refractivity contribution in [1.82, 2.24) is 0 Å². The van der Waals surface area contributed by atoms with E-state index in [1.165, 1.54) is 0 Å². The van der Waals surface area contributed by atoms with E-state index in [2.05, 4.69) is 31.8 Å². The van der Waals surface area contributed by atoms with Crippen molar-refractivity contribution in [3.05, 3.63) is 29.3 Å². The molecule has 1 aromatic rings. The topological polar surface area (TPSA) is 191 Å². The fraction of sp³-hybridized carbons (Fsp3) is 0.333. The van der Waals surface area contributed by atoms with Crippen LogP contribution in [-0.2, 0) is 19.2 Å². The third-order valence-corrected chi connectivity index (χ3v) is 3.02. The SMILES string of the molecule is NCC(=O)O.NOCOC(=O)C1=Cc2cc(OC(F)(F)F)ccc2OC1C(F)(F)F.[NH3+]O. The summed E-state index contributed by atoms with van der Waals surface area (Å²) in [4.78, 5) is 24.9. The summed E-state index contributed by atoms with van der Waals surface area (Å²) in [6, 6.07) is 2.40. The molecule has 0 bridgehead atoms. The second-order valence-corrected chi connectivity index (χ2v) is 5.20. The molecule has 32 heavy (non-hydrogen) atoms. The van der Waals surface area contributed by atoms with Crippen molar-refractivity contribution < 1.29 is 71.2 Å². The van der Waals surface area contributed by atoms with Crippen molar-refractivity contribution in [3.8, 4) is 11.5 Å². The van der Waals surface area contributed by atoms with Crippen LogP contribution in [0.1, 0.15) is 5.56 Å². The highest BCUT2D eigenvalue weighted by molar-refractivity contribution is 5.96. The molecule has 0 spiro atoms. The van der Waals surface area contributed by atoms with Crippen molar-refractivity contribution in [3.63, 3.8) is 0 Å². The zero-order valence-corrected chi connectivity index (χ0v) is 15.8. The van der Waals surface area contributed by atoms with Crippen LogP contribution in [-0.4, -0.2) is 54.2 Å². The van der Waals surface area contributed by atoms with Crippen LogP contribution in [0.15, 0.2) is 23.8 Å². The van der Waals surface area contributed by atoms with Crippen LogP contribution in [0.25, 0.3) is 6.08 Å². The van der Waals surface area contributed by atoms with Crippen molar-refractivity contribution in [2.75, 3.05) is 13.3 Å². The number of aliphatic carboxylic acids is 1. The highest BCUT2D eigenvalue weighted by Gasteiger charge is 2.49. The van der Waals surface area contributed by atoms with Crippen LogP contribution in [0.3, 0.4) is 0 Å². The number of carboxylic acid groups (broad SMARTS) is 1. The summed E-state index contributed by atoms with van der Waals surface area (Å²) in [6.45, 7) is -1.11. The van der Waals surface area contributed by atoms with Gasteiger partial charge in [-0.3, -0.25) is 9.63 Å². The molecule has 9 N–H and O–H groups in total. The van der Waals surface area contributed by atoms with Crippen LogP contribution in [0.4, 0.5) is 26.3 Å². The Hall–Kier alpha value is -3.12. The lowest BCUT2D eigenvalue weighted by molar-refractivity contribution is -0.670. The number of ether oxygens (including phenoxy) is 3. The molecule has 1 aromatic carbocycles. The maximum Gasteiger partial charge on any atom is 0.573 e. The molecule has 0 radical (unpaired) electrons. The van der Waals surface area contributed by atoms with Gasteiger partial charge in [0.1, 0.15) is 11.5 Å². The number of quaternary nitrogens is 1. The van der Waals surface area contributed by atoms with E-state index in [9.17, 15) is 35.9 Å². The molecule has 1 aliphatic rings. The van der Waals surface area contributed by atoms with Gasteiger partial charge in [-0.25, -0.2) is 21.8 Å². The number of hydrogen-bond donors (Lipinski definition) is 5. The second-order valence-electron chi connectivity index (χ2n) is 5.20. The van der Waals surface area contributed by atoms with Crippen molar-refractivity contribution in [2.24, 2.45) is 11.6 Å². The zero-order valence-electron chi connectivity index (χ0n) is 15.8. The lowest BCUT2D eigenvalue weighted by Crippen LogP contribution is -2.42. The number of fused-ring (bicyclic) bond motifs is 1. The number of carboxylic acids is 1. The number of hydrogen-bond acceptors (Lipinski definition) is 9. The maximum atomic E-state index is 13.1. The first-order chi connectivity index (χ1) is 14.8. The van der Waals surface area contributed by atoms with Gasteiger partial charge >= 0.3 is 24.5 Å². The number of benzene rings is 1. The second kappa shape index (κ2) is 12.7. The summed E-state index contributed by atoms with van der Waals surface area (Å²) < 4.78 is 88.5. The van der Waals surface area contributed by atoms with Gasteiger partial charge in [-0.1, -0.05) is 0 Å². The average Bonchev–Trinajstić information content (AvgIpc) is 2.71. The molecule has 11 nitrogen and oxygen atoms in total. The fourth-order valence-electron chi connectivity index (χ4n) is 1.96. The van der Waals surface area contributed by atoms with Gasteiger partial charge < -0.3 is 25.1 Å². The Morgan fingerprint density at radius 1 is 1.16 bits per heavy atom. The number of esters is 1. The normalized spacial score (nSPS) is 14.8. The Morgan fingerprint density at radius 2 is 1.72 bits per heavy atom. The Balaban J connectivity index is 0.00000121. The third kappa shape index (κ3) is 9.79. The number of nitrogens with two attached hydrogens (primary N) is 2. The first-order valence-corrected chi connectivity index (χ1v) is 7.85. The summed E-state index contributed by atoms with van der Waals surface area (Å²) in [5.74, 6) is 3.35. The highest BCUT2D eigenvalue weighted by Crippen LogP contribution is 2.39. The molecule has 1 unspecified atom stereocenters. The first-order valence-electron chi connectivity index (χ1n) is 7.85. The number of carbonyl (C=O) groups is 2. The molecule has 1 atom stereocenters. The molecule has 0 aromatic heterocycles. The van der Waals surface area contributed by atoms with Crippen LogP contribution < -0.4 is 27.0 Å². The number of rotatable bonds is 5. The molecule has 0 saturated carbocycles. The van der Waals surface area contributed by atoms with E-state index >= 15 is 0 Å². The largest absolute Gasteiger partial charge is 0.573 e.